The van der Waals surface area contributed by atoms with E-state index in [2.05, 4.69) is 14.5 Å². The number of aliphatic hydroxyl groups is 10. The van der Waals surface area contributed by atoms with Crippen molar-refractivity contribution in [1.29, 1.82) is 0 Å². The predicted octanol–water partition coefficient (Wildman–Crippen LogP) is -0.139. The third-order valence-electron chi connectivity index (χ3n) is 12.4. The number of amidine groups is 1. The van der Waals surface area contributed by atoms with Crippen molar-refractivity contribution >= 4 is 66.7 Å². The van der Waals surface area contributed by atoms with Crippen LogP contribution in [0.25, 0.3) is 0 Å². The number of nitrogens with zero attached hydrogens (tertiary/aromatic N) is 1. The zero-order chi connectivity index (χ0) is 57.8. The van der Waals surface area contributed by atoms with Gasteiger partial charge in [0.05, 0.1) is 42.2 Å². The summed E-state index contributed by atoms with van der Waals surface area (Å²) in [6.07, 6.45) is -18.8. The normalized spacial score (nSPS) is 28.4. The number of hydrogen-bond donors (Lipinski definition) is 14. The Bertz CT molecular complexity index is 3160. The number of nitrogens with one attached hydrogen (secondary N) is 1. The number of anilines is 1. The quantitative estimate of drug-likeness (QED) is 0.0775. The molecule has 9 rings (SSSR count). The van der Waals surface area contributed by atoms with Crippen molar-refractivity contribution in [1.82, 2.24) is 0 Å². The molecule has 5 heterocycles. The first-order chi connectivity index (χ1) is 37.2. The van der Waals surface area contributed by atoms with Crippen molar-refractivity contribution in [2.45, 2.75) is 109 Å². The average molecular weight is 1190 g/mol. The van der Waals surface area contributed by atoms with Gasteiger partial charge in [0.25, 0.3) is 10.0 Å². The minimum absolute atomic E-state index is 0.0149. The lowest BCUT2D eigenvalue weighted by Gasteiger charge is -2.45. The van der Waals surface area contributed by atoms with Crippen molar-refractivity contribution < 1.29 is 116 Å². The molecule has 430 valence electrons. The summed E-state index contributed by atoms with van der Waals surface area (Å²) in [6, 6.07) is 20.4. The Morgan fingerprint density at radius 1 is 0.861 bits per heavy atom. The second-order valence-corrected chi connectivity index (χ2v) is 22.5. The molecule has 27 nitrogen and oxygen atoms in total. The number of benzene rings is 4. The maximum Gasteiger partial charge on any atom is 0.377 e. The number of hydrogen-bond acceptors (Lipinski definition) is 26. The van der Waals surface area contributed by atoms with Crippen LogP contribution in [0.3, 0.4) is 0 Å². The zero-order valence-electron chi connectivity index (χ0n) is 40.9. The Morgan fingerprint density at radius 2 is 1.54 bits per heavy atom. The van der Waals surface area contributed by atoms with Gasteiger partial charge in [-0.2, -0.15) is 8.42 Å². The summed E-state index contributed by atoms with van der Waals surface area (Å²) in [7, 11) is -8.20. The van der Waals surface area contributed by atoms with Crippen LogP contribution in [0.1, 0.15) is 40.9 Å². The third-order valence-corrected chi connectivity index (χ3v) is 16.1. The van der Waals surface area contributed by atoms with E-state index in [0.29, 0.717) is 17.1 Å². The van der Waals surface area contributed by atoms with Gasteiger partial charge in [-0.05, 0) is 42.3 Å². The fraction of sp³-hybridized carbons (Fsp3) is 0.396. The Hall–Kier alpha value is -5.91. The maximum atomic E-state index is 12.9. The summed E-state index contributed by atoms with van der Waals surface area (Å²) in [6.45, 7) is 0.0447. The molecule has 2 saturated heterocycles. The van der Waals surface area contributed by atoms with Gasteiger partial charge in [0.15, 0.2) is 30.0 Å². The molecule has 2 fully saturated rings. The number of sulfonamides is 2. The summed E-state index contributed by atoms with van der Waals surface area (Å²) < 4.78 is 84.4. The van der Waals surface area contributed by atoms with Crippen LogP contribution in [0.15, 0.2) is 105 Å². The Labute approximate surface area is 458 Å². The Morgan fingerprint density at radius 3 is 2.16 bits per heavy atom. The molecule has 31 heteroatoms. The smallest absolute Gasteiger partial charge is 0.377 e. The number of aromatic hydroxyl groups is 2. The lowest BCUT2D eigenvalue weighted by Crippen LogP contribution is -2.64. The number of halogens is 1. The van der Waals surface area contributed by atoms with Gasteiger partial charge in [-0.25, -0.2) is 18.4 Å². The molecule has 0 saturated carbocycles. The average Bonchev–Trinajstić information content (AvgIpc) is 3.81. The molecule has 0 aromatic heterocycles. The van der Waals surface area contributed by atoms with E-state index in [4.69, 9.17) is 60.9 Å². The van der Waals surface area contributed by atoms with E-state index in [1.807, 2.05) is 30.3 Å². The molecule has 0 radical (unpaired) electrons. The number of ether oxygens (including phenoxy) is 6. The standard InChI is InChI=1S/C27H32O14.C15H14ClN3O4S3.C6H8O6/c1-10-20(32)22(34)24(36)26(37-10)41-25-23(35)21(33)18(9-28)40-27(25)38-13-6-14(30)19-15(31)8-16(39-17(19)7-13)11-2-4-12(29)5-3-11;16-11-6-12-14(7-13(11)25(17,20)21)26(22,23)19-15(18-12)9-24-8-10-4-2-1-3-5-10;7-1-2(8)5-3(9)4(10)6(11)12-5/h2-7,10,16,18,20-30,32-36H,8-9H2,1H3;1-7H,8-9H2,(H,18,19)(H2,17,20,21);2,5,7-10H,1H2/t10-,16?,18+,20-,21+,22+,23-,24+,25+,26-,27+;;2-,5-/m0.1/s1. The molecular weight excluding hydrogens is 1130 g/mol. The number of aliphatic hydroxyl groups excluding tert-OH is 10. The maximum absolute atomic E-state index is 12.9. The van der Waals surface area contributed by atoms with E-state index < -0.39 is 147 Å². The van der Waals surface area contributed by atoms with Crippen LogP contribution in [-0.4, -0.2) is 188 Å². The van der Waals surface area contributed by atoms with Crippen LogP contribution in [-0.2, 0) is 49.5 Å². The van der Waals surface area contributed by atoms with Crippen LogP contribution < -0.4 is 19.9 Å². The highest BCUT2D eigenvalue weighted by atomic mass is 35.5. The van der Waals surface area contributed by atoms with Gasteiger partial charge >= 0.3 is 5.97 Å². The monoisotopic (exact) mass is 1190 g/mol. The zero-order valence-corrected chi connectivity index (χ0v) is 44.1. The fourth-order valence-electron chi connectivity index (χ4n) is 8.23. The number of primary sulfonamides is 1. The van der Waals surface area contributed by atoms with Crippen molar-refractivity contribution in [2.75, 3.05) is 24.3 Å². The second kappa shape index (κ2) is 25.3. The number of phenols is 2. The predicted molar refractivity (Wildman–Crippen MR) is 273 cm³/mol. The molecule has 4 aromatic rings. The Kier molecular flexibility index (Phi) is 19.4. The van der Waals surface area contributed by atoms with E-state index in [-0.39, 0.29) is 50.7 Å². The number of esters is 1. The number of fused-ring (bicyclic) bond motifs is 2. The highest BCUT2D eigenvalue weighted by Crippen LogP contribution is 2.43. The third kappa shape index (κ3) is 14.0. The number of nitrogens with two attached hydrogens (primary N) is 1. The molecule has 0 spiro atoms. The number of phenolic OH excluding ortho intramolecular Hbond substituents is 2. The number of carbonyl (C=O) groups is 2. The molecule has 5 aliphatic rings. The van der Waals surface area contributed by atoms with E-state index in [9.17, 15) is 67.3 Å². The molecule has 0 aliphatic carbocycles. The number of ketones is 1. The first kappa shape index (κ1) is 60.7. The second-order valence-electron chi connectivity index (χ2n) is 18.0. The molecule has 0 bridgehead atoms. The number of Topliss-reactive ketones (excluding diaryl/α,β-unsaturated/α-hetero) is 1. The van der Waals surface area contributed by atoms with Gasteiger partial charge in [0.2, 0.25) is 22.1 Å². The van der Waals surface area contributed by atoms with Crippen molar-refractivity contribution in [3.63, 3.8) is 0 Å². The van der Waals surface area contributed by atoms with Crippen molar-refractivity contribution in [2.24, 2.45) is 9.54 Å². The first-order valence-corrected chi connectivity index (χ1v) is 28.0. The van der Waals surface area contributed by atoms with Crippen LogP contribution in [0.2, 0.25) is 5.02 Å². The number of rotatable bonds is 13. The number of cyclic esters (lactones) is 1. The van der Waals surface area contributed by atoms with Gasteiger partial charge in [0.1, 0.15) is 93.0 Å². The molecular formula is C48H54ClN3O24S3. The summed E-state index contributed by atoms with van der Waals surface area (Å²) in [5, 5.41) is 124. The van der Waals surface area contributed by atoms with Crippen LogP contribution in [0, 0.1) is 0 Å². The summed E-state index contributed by atoms with van der Waals surface area (Å²) in [4.78, 5) is 22.7. The first-order valence-electron chi connectivity index (χ1n) is 23.4. The summed E-state index contributed by atoms with van der Waals surface area (Å²) in [5.41, 5.74) is 1.81. The van der Waals surface area contributed by atoms with E-state index >= 15 is 0 Å². The van der Waals surface area contributed by atoms with E-state index in [0.717, 1.165) is 17.7 Å². The van der Waals surface area contributed by atoms with Crippen molar-refractivity contribution in [3.8, 4) is 23.0 Å². The fourth-order valence-corrected chi connectivity index (χ4v) is 11.5. The van der Waals surface area contributed by atoms with Gasteiger partial charge < -0.3 is 95.0 Å². The Balaban J connectivity index is 0.000000201. The minimum atomic E-state index is -4.15. The molecule has 5 aliphatic heterocycles. The molecule has 13 atom stereocenters. The summed E-state index contributed by atoms with van der Waals surface area (Å²) >= 11 is 7.43. The van der Waals surface area contributed by atoms with Crippen LogP contribution in [0.5, 0.6) is 23.0 Å². The highest BCUT2D eigenvalue weighted by Gasteiger charge is 2.51. The van der Waals surface area contributed by atoms with Gasteiger partial charge in [-0.3, -0.25) is 4.79 Å². The van der Waals surface area contributed by atoms with E-state index in [1.54, 1.807) is 12.1 Å². The molecule has 4 aromatic carbocycles. The number of thioether (sulfide) groups is 1. The number of carbonyl (C=O) groups excluding carboxylic acids is 2. The molecule has 1 unspecified atom stereocenters. The van der Waals surface area contributed by atoms with E-state index in [1.165, 1.54) is 43.0 Å². The minimum Gasteiger partial charge on any atom is -0.508 e. The molecule has 15 N–H and O–H groups in total. The topological polar surface area (TPSA) is 451 Å². The lowest BCUT2D eigenvalue weighted by molar-refractivity contribution is -0.354. The van der Waals surface area contributed by atoms with Gasteiger partial charge in [-0.15, -0.1) is 16.2 Å². The highest BCUT2D eigenvalue weighted by molar-refractivity contribution is 7.99. The largest absolute Gasteiger partial charge is 0.508 e. The van der Waals surface area contributed by atoms with Gasteiger partial charge in [-0.1, -0.05) is 54.1 Å². The van der Waals surface area contributed by atoms with Crippen LogP contribution >= 0.6 is 23.4 Å². The van der Waals surface area contributed by atoms with Crippen molar-refractivity contribution in [3.05, 3.63) is 112 Å². The SMILES string of the molecule is C[C@@H]1O[C@@H](O[C@H]2[C@H](Oc3cc(O)c4c(c3)OC(c3ccc(O)cc3)CC4=O)O[C@H](CO)[C@@H](O)[C@@H]2O)[C@H](O)[C@H](O)[C@H]1O.NS(=O)(=O)c1cc2c(cc1Cl)NC(CSCc1ccccc1)=NS2(=O)=O.O=C1O[C@H]([C@H](O)CO)C(O)=C1O. The lowest BCUT2D eigenvalue weighted by atomic mass is 9.95. The molecule has 0 amide bonds. The van der Waals surface area contributed by atoms with Crippen LogP contribution in [0.4, 0.5) is 5.69 Å². The summed E-state index contributed by atoms with van der Waals surface area (Å²) in [5.74, 6) is -2.45. The van der Waals surface area contributed by atoms with Gasteiger partial charge in [0, 0.05) is 17.9 Å². The molecule has 79 heavy (non-hydrogen) atoms.